The fourth-order valence-corrected chi connectivity index (χ4v) is 1.22. The van der Waals surface area contributed by atoms with Crippen molar-refractivity contribution in [1.29, 1.82) is 0 Å². The van der Waals surface area contributed by atoms with Gasteiger partial charge in [-0.3, -0.25) is 0 Å². The minimum atomic E-state index is -0.825. The number of carbonyl (C=O) groups is 1. The molecule has 0 spiro atoms. The summed E-state index contributed by atoms with van der Waals surface area (Å²) in [5.41, 5.74) is 0.460. The predicted molar refractivity (Wildman–Crippen MR) is 48.4 cm³/mol. The Morgan fingerprint density at radius 3 is 2.62 bits per heavy atom. The molecule has 0 atom stereocenters. The second-order valence-electron chi connectivity index (χ2n) is 2.96. The molecule has 1 aliphatic heterocycles. The number of hydrogen-bond donors (Lipinski definition) is 1. The summed E-state index contributed by atoms with van der Waals surface area (Å²) in [6.45, 7) is 4.80. The van der Waals surface area contributed by atoms with Crippen molar-refractivity contribution < 1.29 is 14.6 Å². The van der Waals surface area contributed by atoms with E-state index in [1.165, 1.54) is 0 Å². The molecule has 0 aliphatic carbocycles. The van der Waals surface area contributed by atoms with Crippen molar-refractivity contribution in [3.8, 4) is 0 Å². The summed E-state index contributed by atoms with van der Waals surface area (Å²) < 4.78 is 5.16. The molecule has 0 unspecified atom stereocenters. The molecule has 1 aliphatic rings. The molecule has 1 rings (SSSR count). The molecule has 1 saturated heterocycles. The minimum Gasteiger partial charge on any atom is -0.478 e. The summed E-state index contributed by atoms with van der Waals surface area (Å²) in [6.07, 6.45) is 2.29. The third kappa shape index (κ3) is 3.06. The molecule has 4 nitrogen and oxygen atoms in total. The van der Waals surface area contributed by atoms with Gasteiger partial charge in [-0.25, -0.2) is 4.79 Å². The maximum absolute atomic E-state index is 10.7. The van der Waals surface area contributed by atoms with Crippen LogP contribution in [0.15, 0.2) is 11.8 Å². The lowest BCUT2D eigenvalue weighted by atomic mass is 10.2. The lowest BCUT2D eigenvalue weighted by molar-refractivity contribution is -0.132. The first kappa shape index (κ1) is 10.1. The number of aliphatic carboxylic acids is 1. The summed E-state index contributed by atoms with van der Waals surface area (Å²) in [4.78, 5) is 12.7. The normalized spacial score (nSPS) is 18.8. The molecular weight excluding hydrogens is 170 g/mol. The van der Waals surface area contributed by atoms with E-state index in [0.29, 0.717) is 25.2 Å². The molecule has 1 fully saturated rings. The van der Waals surface area contributed by atoms with Crippen molar-refractivity contribution in [3.63, 3.8) is 0 Å². The van der Waals surface area contributed by atoms with Gasteiger partial charge in [-0.1, -0.05) is 6.92 Å². The van der Waals surface area contributed by atoms with E-state index in [2.05, 4.69) is 0 Å². The minimum absolute atomic E-state index is 0.460. The van der Waals surface area contributed by atoms with Gasteiger partial charge in [0.15, 0.2) is 0 Å². The highest BCUT2D eigenvalue weighted by molar-refractivity contribution is 5.86. The van der Waals surface area contributed by atoms with Crippen molar-refractivity contribution in [2.75, 3.05) is 26.3 Å². The Hall–Kier alpha value is -1.03. The number of carboxylic acid groups (broad SMARTS) is 1. The molecule has 74 valence electrons. The topological polar surface area (TPSA) is 49.8 Å². The molecule has 0 radical (unpaired) electrons. The Labute approximate surface area is 77.8 Å². The molecule has 0 amide bonds. The van der Waals surface area contributed by atoms with E-state index in [1.807, 2.05) is 11.8 Å². The van der Waals surface area contributed by atoms with Crippen LogP contribution >= 0.6 is 0 Å². The van der Waals surface area contributed by atoms with E-state index in [1.54, 1.807) is 6.20 Å². The first-order valence-corrected chi connectivity index (χ1v) is 4.50. The molecule has 13 heavy (non-hydrogen) atoms. The molecule has 1 heterocycles. The Morgan fingerprint density at radius 2 is 2.15 bits per heavy atom. The van der Waals surface area contributed by atoms with Crippen LogP contribution in [0.1, 0.15) is 13.3 Å². The van der Waals surface area contributed by atoms with Gasteiger partial charge in [-0.2, -0.15) is 0 Å². The van der Waals surface area contributed by atoms with E-state index in [4.69, 9.17) is 9.84 Å². The van der Waals surface area contributed by atoms with Gasteiger partial charge in [0.25, 0.3) is 0 Å². The molecule has 0 aromatic heterocycles. The summed E-state index contributed by atoms with van der Waals surface area (Å²) in [7, 11) is 0. The average molecular weight is 185 g/mol. The molecule has 0 bridgehead atoms. The van der Waals surface area contributed by atoms with Gasteiger partial charge >= 0.3 is 5.97 Å². The second kappa shape index (κ2) is 4.87. The Balaban J connectivity index is 2.54. The number of morpholine rings is 1. The third-order valence-electron chi connectivity index (χ3n) is 2.04. The predicted octanol–water partition coefficient (Wildman–Crippen LogP) is 0.697. The van der Waals surface area contributed by atoms with Gasteiger partial charge in [-0.05, 0) is 6.42 Å². The monoisotopic (exact) mass is 185 g/mol. The van der Waals surface area contributed by atoms with Gasteiger partial charge in [0.05, 0.1) is 18.8 Å². The van der Waals surface area contributed by atoms with E-state index >= 15 is 0 Å². The van der Waals surface area contributed by atoms with Crippen LogP contribution in [0.2, 0.25) is 0 Å². The number of hydrogen-bond acceptors (Lipinski definition) is 3. The van der Waals surface area contributed by atoms with E-state index < -0.39 is 5.97 Å². The quantitative estimate of drug-likeness (QED) is 0.657. The average Bonchev–Trinajstić information content (AvgIpc) is 2.15. The van der Waals surface area contributed by atoms with E-state index in [-0.39, 0.29) is 0 Å². The number of nitrogens with zero attached hydrogens (tertiary/aromatic N) is 1. The molecule has 4 heteroatoms. The van der Waals surface area contributed by atoms with Crippen LogP contribution < -0.4 is 0 Å². The first-order valence-electron chi connectivity index (χ1n) is 4.50. The van der Waals surface area contributed by atoms with Crippen molar-refractivity contribution in [2.45, 2.75) is 13.3 Å². The summed E-state index contributed by atoms with van der Waals surface area (Å²) in [6, 6.07) is 0. The van der Waals surface area contributed by atoms with Gasteiger partial charge in [0.1, 0.15) is 0 Å². The maximum Gasteiger partial charge on any atom is 0.333 e. The number of rotatable bonds is 3. The zero-order valence-electron chi connectivity index (χ0n) is 7.82. The van der Waals surface area contributed by atoms with Gasteiger partial charge in [0, 0.05) is 19.3 Å². The largest absolute Gasteiger partial charge is 0.478 e. The van der Waals surface area contributed by atoms with Crippen LogP contribution in [0, 0.1) is 0 Å². The zero-order valence-corrected chi connectivity index (χ0v) is 7.82. The zero-order chi connectivity index (χ0) is 9.68. The number of carboxylic acids is 1. The van der Waals surface area contributed by atoms with Crippen molar-refractivity contribution >= 4 is 5.97 Å². The number of ether oxygens (including phenoxy) is 1. The van der Waals surface area contributed by atoms with Crippen LogP contribution in [0.25, 0.3) is 0 Å². The van der Waals surface area contributed by atoms with Crippen LogP contribution in [-0.4, -0.2) is 42.3 Å². The van der Waals surface area contributed by atoms with E-state index in [9.17, 15) is 4.79 Å². The van der Waals surface area contributed by atoms with Crippen LogP contribution in [-0.2, 0) is 9.53 Å². The van der Waals surface area contributed by atoms with Gasteiger partial charge in [0.2, 0.25) is 0 Å². The van der Waals surface area contributed by atoms with Crippen molar-refractivity contribution in [3.05, 3.63) is 11.8 Å². The van der Waals surface area contributed by atoms with Gasteiger partial charge < -0.3 is 14.7 Å². The lowest BCUT2D eigenvalue weighted by Gasteiger charge is -2.25. The third-order valence-corrected chi connectivity index (χ3v) is 2.04. The molecular formula is C9H15NO3. The maximum atomic E-state index is 10.7. The standard InChI is InChI=1S/C9H15NO3/c1-2-8(9(11)12)7-10-3-5-13-6-4-10/h7H,2-6H2,1H3,(H,11,12). The summed E-state index contributed by atoms with van der Waals surface area (Å²) >= 11 is 0. The Bertz CT molecular complexity index is 207. The first-order chi connectivity index (χ1) is 6.24. The smallest absolute Gasteiger partial charge is 0.333 e. The fourth-order valence-electron chi connectivity index (χ4n) is 1.22. The highest BCUT2D eigenvalue weighted by Crippen LogP contribution is 2.05. The SMILES string of the molecule is CCC(=CN1CCOCC1)C(=O)O. The highest BCUT2D eigenvalue weighted by atomic mass is 16.5. The summed E-state index contributed by atoms with van der Waals surface area (Å²) in [5, 5.41) is 8.78. The Kier molecular flexibility index (Phi) is 3.76. The van der Waals surface area contributed by atoms with Crippen LogP contribution in [0.5, 0.6) is 0 Å². The molecule has 0 aromatic carbocycles. The van der Waals surface area contributed by atoms with E-state index in [0.717, 1.165) is 13.1 Å². The van der Waals surface area contributed by atoms with Crippen molar-refractivity contribution in [1.82, 2.24) is 4.90 Å². The Morgan fingerprint density at radius 1 is 1.54 bits per heavy atom. The van der Waals surface area contributed by atoms with Crippen LogP contribution in [0.4, 0.5) is 0 Å². The summed E-state index contributed by atoms with van der Waals surface area (Å²) in [5.74, 6) is -0.825. The molecule has 1 N–H and O–H groups in total. The second-order valence-corrected chi connectivity index (χ2v) is 2.96. The highest BCUT2D eigenvalue weighted by Gasteiger charge is 2.10. The molecule has 0 saturated carbocycles. The van der Waals surface area contributed by atoms with Gasteiger partial charge in [-0.15, -0.1) is 0 Å². The van der Waals surface area contributed by atoms with Crippen molar-refractivity contribution in [2.24, 2.45) is 0 Å². The fraction of sp³-hybridized carbons (Fsp3) is 0.667. The van der Waals surface area contributed by atoms with Crippen LogP contribution in [0.3, 0.4) is 0 Å². The lowest BCUT2D eigenvalue weighted by Crippen LogP contribution is -2.32. The molecule has 0 aromatic rings.